The Balaban J connectivity index is 2.03. The summed E-state index contributed by atoms with van der Waals surface area (Å²) in [5.74, 6) is 0.845. The number of nitrogens with zero attached hydrogens (tertiary/aromatic N) is 1. The Labute approximate surface area is 138 Å². The molecular weight excluding hydrogens is 290 g/mol. The number of aliphatic hydroxyl groups is 1. The van der Waals surface area contributed by atoms with E-state index in [1.165, 1.54) is 0 Å². The Morgan fingerprint density at radius 1 is 1.04 bits per heavy atom. The van der Waals surface area contributed by atoms with Gasteiger partial charge in [-0.15, -0.1) is 0 Å². The topological polar surface area (TPSA) is 41.9 Å². The largest absolute Gasteiger partial charge is 0.497 e. The number of methoxy groups -OCH3 is 2. The second kappa shape index (κ2) is 9.30. The molecule has 0 aromatic heterocycles. The van der Waals surface area contributed by atoms with E-state index in [0.717, 1.165) is 30.0 Å². The van der Waals surface area contributed by atoms with Crippen LogP contribution >= 0.6 is 0 Å². The maximum absolute atomic E-state index is 10.5. The van der Waals surface area contributed by atoms with Crippen LogP contribution in [-0.2, 0) is 11.3 Å². The quantitative estimate of drug-likeness (QED) is 0.772. The van der Waals surface area contributed by atoms with E-state index in [4.69, 9.17) is 9.47 Å². The van der Waals surface area contributed by atoms with E-state index in [1.54, 1.807) is 14.2 Å². The Bertz CT molecular complexity index is 574. The van der Waals surface area contributed by atoms with E-state index in [2.05, 4.69) is 11.0 Å². The van der Waals surface area contributed by atoms with E-state index < -0.39 is 6.10 Å². The summed E-state index contributed by atoms with van der Waals surface area (Å²) < 4.78 is 10.5. The van der Waals surface area contributed by atoms with Crippen LogP contribution in [0.2, 0.25) is 0 Å². The molecule has 0 spiro atoms. The molecule has 2 rings (SSSR count). The molecule has 2 aromatic rings. The zero-order valence-corrected chi connectivity index (χ0v) is 13.8. The first-order chi connectivity index (χ1) is 11.2. The molecule has 0 aliphatic carbocycles. The molecule has 0 unspecified atom stereocenters. The first-order valence-electron chi connectivity index (χ1n) is 7.80. The summed E-state index contributed by atoms with van der Waals surface area (Å²) in [6.07, 6.45) is -0.515. The van der Waals surface area contributed by atoms with Crippen LogP contribution in [0, 0.1) is 0 Å². The number of benzene rings is 2. The van der Waals surface area contributed by atoms with Gasteiger partial charge in [0.2, 0.25) is 0 Å². The number of hydrogen-bond donors (Lipinski definition) is 1. The van der Waals surface area contributed by atoms with Crippen LogP contribution in [0.4, 0.5) is 0 Å². The van der Waals surface area contributed by atoms with Gasteiger partial charge in [-0.05, 0) is 23.3 Å². The van der Waals surface area contributed by atoms with Crippen LogP contribution < -0.4 is 4.74 Å². The molecule has 23 heavy (non-hydrogen) atoms. The maximum Gasteiger partial charge on any atom is 0.119 e. The van der Waals surface area contributed by atoms with E-state index >= 15 is 0 Å². The summed E-state index contributed by atoms with van der Waals surface area (Å²) >= 11 is 0. The van der Waals surface area contributed by atoms with Crippen molar-refractivity contribution in [1.82, 2.24) is 4.90 Å². The minimum Gasteiger partial charge on any atom is -0.497 e. The molecule has 0 radical (unpaired) electrons. The molecule has 0 aliphatic rings. The van der Waals surface area contributed by atoms with Crippen molar-refractivity contribution < 1.29 is 14.6 Å². The highest BCUT2D eigenvalue weighted by atomic mass is 16.5. The lowest BCUT2D eigenvalue weighted by Gasteiger charge is -2.25. The molecule has 0 amide bonds. The molecule has 1 atom stereocenters. The van der Waals surface area contributed by atoms with Crippen molar-refractivity contribution in [3.8, 4) is 5.75 Å². The minimum atomic E-state index is -0.515. The Morgan fingerprint density at radius 2 is 1.83 bits per heavy atom. The number of hydrogen-bond acceptors (Lipinski definition) is 4. The molecule has 0 aliphatic heterocycles. The van der Waals surface area contributed by atoms with Crippen LogP contribution in [0.3, 0.4) is 0 Å². The molecule has 0 saturated heterocycles. The van der Waals surface area contributed by atoms with Gasteiger partial charge in [0.1, 0.15) is 5.75 Å². The van der Waals surface area contributed by atoms with Crippen molar-refractivity contribution in [2.24, 2.45) is 0 Å². The average molecular weight is 315 g/mol. The number of ether oxygens (including phenoxy) is 2. The second-order valence-corrected chi connectivity index (χ2v) is 5.51. The zero-order valence-electron chi connectivity index (χ0n) is 13.8. The highest BCUT2D eigenvalue weighted by Crippen LogP contribution is 2.18. The van der Waals surface area contributed by atoms with Crippen molar-refractivity contribution in [3.63, 3.8) is 0 Å². The maximum atomic E-state index is 10.5. The Hall–Kier alpha value is -1.88. The van der Waals surface area contributed by atoms with E-state index in [0.29, 0.717) is 13.2 Å². The number of rotatable bonds is 9. The fourth-order valence-electron chi connectivity index (χ4n) is 2.51. The third kappa shape index (κ3) is 5.67. The lowest BCUT2D eigenvalue weighted by atomic mass is 10.1. The van der Waals surface area contributed by atoms with Crippen LogP contribution in [0.25, 0.3) is 0 Å². The van der Waals surface area contributed by atoms with E-state index in [-0.39, 0.29) is 0 Å². The Kier molecular flexibility index (Phi) is 7.07. The molecule has 0 heterocycles. The van der Waals surface area contributed by atoms with Crippen molar-refractivity contribution in [2.45, 2.75) is 12.6 Å². The first kappa shape index (κ1) is 17.5. The lowest BCUT2D eigenvalue weighted by Crippen LogP contribution is -2.31. The highest BCUT2D eigenvalue weighted by molar-refractivity contribution is 5.28. The van der Waals surface area contributed by atoms with Crippen LogP contribution in [0.15, 0.2) is 54.6 Å². The molecule has 0 fully saturated rings. The molecule has 124 valence electrons. The standard InChI is InChI=1S/C19H25NO3/c1-22-12-11-20(14-16-7-6-10-18(13-16)23-2)15-19(21)17-8-4-3-5-9-17/h3-10,13,19,21H,11-12,14-15H2,1-2H3/t19-/m0/s1. The molecule has 2 aromatic carbocycles. The van der Waals surface area contributed by atoms with Crippen molar-refractivity contribution in [1.29, 1.82) is 0 Å². The van der Waals surface area contributed by atoms with Gasteiger partial charge >= 0.3 is 0 Å². The zero-order chi connectivity index (χ0) is 16.5. The van der Waals surface area contributed by atoms with Gasteiger partial charge in [-0.2, -0.15) is 0 Å². The monoisotopic (exact) mass is 315 g/mol. The normalized spacial score (nSPS) is 12.3. The summed E-state index contributed by atoms with van der Waals surface area (Å²) in [5.41, 5.74) is 2.08. The van der Waals surface area contributed by atoms with Gasteiger partial charge in [-0.3, -0.25) is 4.90 Å². The van der Waals surface area contributed by atoms with Crippen molar-refractivity contribution in [2.75, 3.05) is 33.9 Å². The Morgan fingerprint density at radius 3 is 2.52 bits per heavy atom. The predicted molar refractivity (Wildman–Crippen MR) is 91.5 cm³/mol. The molecule has 0 saturated carbocycles. The second-order valence-electron chi connectivity index (χ2n) is 5.51. The van der Waals surface area contributed by atoms with Gasteiger partial charge in [0.25, 0.3) is 0 Å². The molecule has 4 heteroatoms. The van der Waals surface area contributed by atoms with Crippen LogP contribution in [-0.4, -0.2) is 43.9 Å². The third-order valence-corrected chi connectivity index (χ3v) is 3.77. The van der Waals surface area contributed by atoms with Gasteiger partial charge < -0.3 is 14.6 Å². The fraction of sp³-hybridized carbons (Fsp3) is 0.368. The fourth-order valence-corrected chi connectivity index (χ4v) is 2.51. The molecule has 0 bridgehead atoms. The molecule has 4 nitrogen and oxygen atoms in total. The SMILES string of the molecule is COCCN(Cc1cccc(OC)c1)C[C@H](O)c1ccccc1. The van der Waals surface area contributed by atoms with Crippen molar-refractivity contribution >= 4 is 0 Å². The van der Waals surface area contributed by atoms with Gasteiger partial charge in [-0.1, -0.05) is 42.5 Å². The van der Waals surface area contributed by atoms with E-state index in [1.807, 2.05) is 48.5 Å². The van der Waals surface area contributed by atoms with Crippen molar-refractivity contribution in [3.05, 3.63) is 65.7 Å². The smallest absolute Gasteiger partial charge is 0.119 e. The summed E-state index contributed by atoms with van der Waals surface area (Å²) in [4.78, 5) is 2.19. The van der Waals surface area contributed by atoms with Gasteiger partial charge in [0, 0.05) is 26.7 Å². The van der Waals surface area contributed by atoms with Gasteiger partial charge in [0.15, 0.2) is 0 Å². The van der Waals surface area contributed by atoms with E-state index in [9.17, 15) is 5.11 Å². The average Bonchev–Trinajstić information content (AvgIpc) is 2.60. The first-order valence-corrected chi connectivity index (χ1v) is 7.80. The van der Waals surface area contributed by atoms with Crippen LogP contribution in [0.5, 0.6) is 5.75 Å². The summed E-state index contributed by atoms with van der Waals surface area (Å²) in [7, 11) is 3.36. The minimum absolute atomic E-state index is 0.515. The predicted octanol–water partition coefficient (Wildman–Crippen LogP) is 2.88. The summed E-state index contributed by atoms with van der Waals surface area (Å²) in [5, 5.41) is 10.5. The highest BCUT2D eigenvalue weighted by Gasteiger charge is 2.14. The summed E-state index contributed by atoms with van der Waals surface area (Å²) in [6, 6.07) is 17.7. The third-order valence-electron chi connectivity index (χ3n) is 3.77. The molecule has 1 N–H and O–H groups in total. The summed E-state index contributed by atoms with van der Waals surface area (Å²) in [6.45, 7) is 2.69. The van der Waals surface area contributed by atoms with Gasteiger partial charge in [-0.25, -0.2) is 0 Å². The van der Waals surface area contributed by atoms with Gasteiger partial charge in [0.05, 0.1) is 19.8 Å². The number of aliphatic hydroxyl groups excluding tert-OH is 1. The lowest BCUT2D eigenvalue weighted by molar-refractivity contribution is 0.0849. The molecular formula is C19H25NO3. The van der Waals surface area contributed by atoms with Crippen LogP contribution in [0.1, 0.15) is 17.2 Å².